The first-order chi connectivity index (χ1) is 6.19. The lowest BCUT2D eigenvalue weighted by Crippen LogP contribution is -2.03. The van der Waals surface area contributed by atoms with Crippen LogP contribution in [-0.4, -0.2) is 4.98 Å². The Labute approximate surface area is 83.2 Å². The number of nitrogens with zero attached hydrogens (tertiary/aromatic N) is 2. The van der Waals surface area contributed by atoms with Gasteiger partial charge in [0.1, 0.15) is 10.9 Å². The highest BCUT2D eigenvalue weighted by Gasteiger charge is 2.18. The van der Waals surface area contributed by atoms with E-state index in [0.29, 0.717) is 5.92 Å². The van der Waals surface area contributed by atoms with Crippen molar-refractivity contribution >= 4 is 11.3 Å². The molecule has 1 rings (SSSR count). The fourth-order valence-corrected chi connectivity index (χ4v) is 2.23. The monoisotopic (exact) mass is 194 g/mol. The topological polar surface area (TPSA) is 36.7 Å². The van der Waals surface area contributed by atoms with E-state index < -0.39 is 0 Å². The minimum absolute atomic E-state index is 0.0368. The van der Waals surface area contributed by atoms with Crippen LogP contribution in [0.5, 0.6) is 0 Å². The molecule has 0 amide bonds. The smallest absolute Gasteiger partial charge is 0.110 e. The summed E-state index contributed by atoms with van der Waals surface area (Å²) in [5, 5.41) is 12.0. The number of hydrogen-bond donors (Lipinski definition) is 0. The third-order valence-electron chi connectivity index (χ3n) is 2.00. The van der Waals surface area contributed by atoms with Gasteiger partial charge in [-0.05, 0) is 12.3 Å². The first kappa shape index (κ1) is 10.2. The minimum Gasteiger partial charge on any atom is -0.245 e. The summed E-state index contributed by atoms with van der Waals surface area (Å²) in [6, 6.07) is 2.30. The van der Waals surface area contributed by atoms with Crippen molar-refractivity contribution in [3.8, 4) is 6.07 Å². The van der Waals surface area contributed by atoms with Gasteiger partial charge in [0.25, 0.3) is 0 Å². The molecule has 13 heavy (non-hydrogen) atoms. The molecule has 0 fully saturated rings. The normalized spacial score (nSPS) is 12.8. The Hall–Kier alpha value is -0.880. The summed E-state index contributed by atoms with van der Waals surface area (Å²) in [6.07, 6.45) is 0.951. The molecule has 1 atom stereocenters. The third kappa shape index (κ3) is 2.28. The zero-order valence-corrected chi connectivity index (χ0v) is 9.06. The Morgan fingerprint density at radius 1 is 1.62 bits per heavy atom. The van der Waals surface area contributed by atoms with Crippen molar-refractivity contribution in [2.75, 3.05) is 0 Å². The highest BCUT2D eigenvalue weighted by Crippen LogP contribution is 2.26. The zero-order valence-electron chi connectivity index (χ0n) is 8.24. The summed E-state index contributed by atoms with van der Waals surface area (Å²) in [5.41, 5.74) is 1.10. The highest BCUT2D eigenvalue weighted by molar-refractivity contribution is 7.09. The van der Waals surface area contributed by atoms with Gasteiger partial charge in [0.05, 0.1) is 11.8 Å². The second-order valence-corrected chi connectivity index (χ2v) is 4.27. The maximum absolute atomic E-state index is 8.95. The molecule has 0 bridgehead atoms. The summed E-state index contributed by atoms with van der Waals surface area (Å²) in [7, 11) is 0. The average molecular weight is 194 g/mol. The Kier molecular flexibility index (Phi) is 3.44. The fraction of sp³-hybridized carbons (Fsp3) is 0.600. The predicted octanol–water partition coefficient (Wildman–Crippen LogP) is 2.97. The van der Waals surface area contributed by atoms with Crippen LogP contribution in [0.4, 0.5) is 0 Å². The first-order valence-electron chi connectivity index (χ1n) is 4.53. The lowest BCUT2D eigenvalue weighted by Gasteiger charge is -2.08. The molecule has 0 aliphatic rings. The zero-order chi connectivity index (χ0) is 9.84. The van der Waals surface area contributed by atoms with Gasteiger partial charge in [-0.1, -0.05) is 20.8 Å². The Bertz CT molecular complexity index is 309. The third-order valence-corrected chi connectivity index (χ3v) is 2.98. The SMILES string of the molecule is CCc1csc(C(C#N)C(C)C)n1. The molecule has 2 nitrogen and oxygen atoms in total. The van der Waals surface area contributed by atoms with Gasteiger partial charge in [-0.3, -0.25) is 0 Å². The van der Waals surface area contributed by atoms with E-state index >= 15 is 0 Å². The maximum atomic E-state index is 8.95. The van der Waals surface area contributed by atoms with E-state index in [2.05, 4.69) is 31.8 Å². The summed E-state index contributed by atoms with van der Waals surface area (Å²) in [5.74, 6) is 0.311. The van der Waals surface area contributed by atoms with Crippen molar-refractivity contribution in [2.45, 2.75) is 33.1 Å². The molecule has 0 spiro atoms. The van der Waals surface area contributed by atoms with Crippen LogP contribution in [0.25, 0.3) is 0 Å². The molecule has 0 aliphatic carbocycles. The molecule has 1 unspecified atom stereocenters. The second-order valence-electron chi connectivity index (χ2n) is 3.38. The largest absolute Gasteiger partial charge is 0.245 e. The van der Waals surface area contributed by atoms with Crippen LogP contribution in [0, 0.1) is 17.2 Å². The van der Waals surface area contributed by atoms with E-state index in [1.807, 2.05) is 5.38 Å². The van der Waals surface area contributed by atoms with E-state index in [9.17, 15) is 0 Å². The predicted molar refractivity (Wildman–Crippen MR) is 54.7 cm³/mol. The van der Waals surface area contributed by atoms with E-state index in [0.717, 1.165) is 17.1 Å². The lowest BCUT2D eigenvalue weighted by molar-refractivity contribution is 0.583. The first-order valence-corrected chi connectivity index (χ1v) is 5.41. The standard InChI is InChI=1S/C10H14N2S/c1-4-8-6-13-10(12-8)9(5-11)7(2)3/h6-7,9H,4H2,1-3H3. The van der Waals surface area contributed by atoms with Crippen molar-refractivity contribution in [1.82, 2.24) is 4.98 Å². The number of aryl methyl sites for hydroxylation is 1. The van der Waals surface area contributed by atoms with Crippen LogP contribution >= 0.6 is 11.3 Å². The highest BCUT2D eigenvalue weighted by atomic mass is 32.1. The molecule has 1 aromatic heterocycles. The number of rotatable bonds is 3. The number of hydrogen-bond acceptors (Lipinski definition) is 3. The summed E-state index contributed by atoms with van der Waals surface area (Å²) in [4.78, 5) is 4.42. The van der Waals surface area contributed by atoms with Gasteiger partial charge in [0, 0.05) is 5.38 Å². The fourth-order valence-electron chi connectivity index (χ4n) is 1.12. The number of aromatic nitrogens is 1. The van der Waals surface area contributed by atoms with Crippen molar-refractivity contribution < 1.29 is 0 Å². The molecule has 0 aliphatic heterocycles. The number of thiazole rings is 1. The lowest BCUT2D eigenvalue weighted by atomic mass is 9.98. The average Bonchev–Trinajstić information content (AvgIpc) is 2.53. The molecule has 1 heterocycles. The van der Waals surface area contributed by atoms with E-state index in [-0.39, 0.29) is 5.92 Å². The van der Waals surface area contributed by atoms with Crippen molar-refractivity contribution in [1.29, 1.82) is 5.26 Å². The Balaban J connectivity index is 2.87. The molecule has 0 N–H and O–H groups in total. The Morgan fingerprint density at radius 2 is 2.31 bits per heavy atom. The second kappa shape index (κ2) is 4.38. The maximum Gasteiger partial charge on any atom is 0.110 e. The molecule has 0 aromatic carbocycles. The molecule has 70 valence electrons. The van der Waals surface area contributed by atoms with Crippen molar-refractivity contribution in [2.24, 2.45) is 5.92 Å². The van der Waals surface area contributed by atoms with Gasteiger partial charge in [-0.15, -0.1) is 11.3 Å². The Morgan fingerprint density at radius 3 is 2.69 bits per heavy atom. The van der Waals surface area contributed by atoms with Gasteiger partial charge in [0.2, 0.25) is 0 Å². The summed E-state index contributed by atoms with van der Waals surface area (Å²) < 4.78 is 0. The van der Waals surface area contributed by atoms with E-state index in [1.165, 1.54) is 0 Å². The van der Waals surface area contributed by atoms with E-state index in [1.54, 1.807) is 11.3 Å². The van der Waals surface area contributed by atoms with Gasteiger partial charge in [0.15, 0.2) is 0 Å². The molecule has 0 saturated heterocycles. The van der Waals surface area contributed by atoms with Crippen LogP contribution < -0.4 is 0 Å². The summed E-state index contributed by atoms with van der Waals surface area (Å²) >= 11 is 1.60. The van der Waals surface area contributed by atoms with Crippen molar-refractivity contribution in [3.05, 3.63) is 16.1 Å². The van der Waals surface area contributed by atoms with Crippen LogP contribution in [0.15, 0.2) is 5.38 Å². The van der Waals surface area contributed by atoms with Crippen LogP contribution in [0.3, 0.4) is 0 Å². The molecule has 1 aromatic rings. The molecule has 3 heteroatoms. The molecule has 0 radical (unpaired) electrons. The van der Waals surface area contributed by atoms with Gasteiger partial charge in [-0.2, -0.15) is 5.26 Å². The molecular formula is C10H14N2S. The molecule has 0 saturated carbocycles. The van der Waals surface area contributed by atoms with Gasteiger partial charge in [-0.25, -0.2) is 4.98 Å². The van der Waals surface area contributed by atoms with E-state index in [4.69, 9.17) is 5.26 Å². The van der Waals surface area contributed by atoms with Crippen LogP contribution in [0.2, 0.25) is 0 Å². The molecular weight excluding hydrogens is 180 g/mol. The number of nitriles is 1. The van der Waals surface area contributed by atoms with Crippen LogP contribution in [0.1, 0.15) is 37.4 Å². The quantitative estimate of drug-likeness (QED) is 0.741. The minimum atomic E-state index is -0.0368. The van der Waals surface area contributed by atoms with Gasteiger partial charge < -0.3 is 0 Å². The summed E-state index contributed by atoms with van der Waals surface area (Å²) in [6.45, 7) is 6.19. The van der Waals surface area contributed by atoms with Crippen LogP contribution in [-0.2, 0) is 6.42 Å². The van der Waals surface area contributed by atoms with Crippen molar-refractivity contribution in [3.63, 3.8) is 0 Å². The van der Waals surface area contributed by atoms with Gasteiger partial charge >= 0.3 is 0 Å².